The molecule has 0 amide bonds. The Hall–Kier alpha value is -4.54. The highest BCUT2D eigenvalue weighted by molar-refractivity contribution is 5.83. The van der Waals surface area contributed by atoms with Crippen molar-refractivity contribution in [1.82, 2.24) is 5.32 Å². The molecule has 50 heavy (non-hydrogen) atoms. The number of benzene rings is 4. The minimum atomic E-state index is -0.834. The number of rotatable bonds is 19. The maximum atomic E-state index is 13.1. The summed E-state index contributed by atoms with van der Waals surface area (Å²) in [7, 11) is 0. The van der Waals surface area contributed by atoms with E-state index in [0.29, 0.717) is 39.0 Å². The lowest BCUT2D eigenvalue weighted by molar-refractivity contribution is -0.271. The van der Waals surface area contributed by atoms with Gasteiger partial charge in [-0.25, -0.2) is 0 Å². The van der Waals surface area contributed by atoms with Gasteiger partial charge < -0.3 is 29.0 Å². The number of esters is 1. The van der Waals surface area contributed by atoms with Crippen LogP contribution in [0.25, 0.3) is 21.2 Å². The first-order valence-corrected chi connectivity index (χ1v) is 17.2. The molecule has 10 nitrogen and oxygen atoms in total. The van der Waals surface area contributed by atoms with Gasteiger partial charge >= 0.3 is 5.97 Å². The summed E-state index contributed by atoms with van der Waals surface area (Å²) in [6, 6.07) is 32.7. The van der Waals surface area contributed by atoms with Crippen LogP contribution in [0.4, 0.5) is 0 Å². The van der Waals surface area contributed by atoms with E-state index in [2.05, 4.69) is 46.2 Å². The zero-order chi connectivity index (χ0) is 35.0. The summed E-state index contributed by atoms with van der Waals surface area (Å²) in [5.41, 5.74) is 12.5. The van der Waals surface area contributed by atoms with Crippen molar-refractivity contribution in [2.75, 3.05) is 13.2 Å². The molecular weight excluding hydrogens is 632 g/mol. The fourth-order valence-corrected chi connectivity index (χ4v) is 6.05. The minimum Gasteiger partial charge on any atom is -0.460 e. The van der Waals surface area contributed by atoms with Crippen molar-refractivity contribution in [1.29, 1.82) is 0 Å². The third-order valence-electron chi connectivity index (χ3n) is 8.67. The number of fused-ring (bicyclic) bond motifs is 1. The first-order chi connectivity index (χ1) is 24.6. The van der Waals surface area contributed by atoms with Gasteiger partial charge in [0.2, 0.25) is 0 Å². The number of nitrogens with one attached hydrogen (secondary N) is 1. The Morgan fingerprint density at radius 1 is 0.880 bits per heavy atom. The molecular formula is C40H46N4O6. The second-order valence-corrected chi connectivity index (χ2v) is 12.3. The van der Waals surface area contributed by atoms with E-state index >= 15 is 0 Å². The van der Waals surface area contributed by atoms with Crippen LogP contribution in [-0.4, -0.2) is 55.9 Å². The SMILES string of the molecule is C=CCO[C@@H]1[C@@H](N=[N+]=[N-])[C@H](OCCCCC(NCc2ccccc2)C(=O)OCc2ccccc2)O[C@H](C)[C@H]1OCc1ccc2ccccc2c1. The van der Waals surface area contributed by atoms with Crippen LogP contribution in [0.15, 0.2) is 121 Å². The maximum Gasteiger partial charge on any atom is 0.323 e. The minimum absolute atomic E-state index is 0.215. The smallest absolute Gasteiger partial charge is 0.323 e. The van der Waals surface area contributed by atoms with Crippen molar-refractivity contribution < 1.29 is 28.5 Å². The Labute approximate surface area is 294 Å². The first-order valence-electron chi connectivity index (χ1n) is 17.2. The Morgan fingerprint density at radius 2 is 1.60 bits per heavy atom. The Morgan fingerprint density at radius 3 is 2.34 bits per heavy atom. The van der Waals surface area contributed by atoms with Gasteiger partial charge in [0.25, 0.3) is 0 Å². The highest BCUT2D eigenvalue weighted by atomic mass is 16.7. The fraction of sp³-hybridized carbons (Fsp3) is 0.375. The molecule has 0 aromatic heterocycles. The Kier molecular flexibility index (Phi) is 14.4. The fourth-order valence-electron chi connectivity index (χ4n) is 6.05. The molecule has 1 aliphatic rings. The number of hydrogen-bond donors (Lipinski definition) is 1. The molecule has 262 valence electrons. The number of hydrogen-bond acceptors (Lipinski definition) is 8. The largest absolute Gasteiger partial charge is 0.460 e. The molecule has 1 heterocycles. The van der Waals surface area contributed by atoms with Crippen LogP contribution in [0.3, 0.4) is 0 Å². The molecule has 1 N–H and O–H groups in total. The normalized spacial score (nSPS) is 20.9. The van der Waals surface area contributed by atoms with Crippen LogP contribution < -0.4 is 5.32 Å². The zero-order valence-corrected chi connectivity index (χ0v) is 28.5. The molecule has 1 unspecified atom stereocenters. The van der Waals surface area contributed by atoms with Crippen LogP contribution in [-0.2, 0) is 48.2 Å². The predicted octanol–water partition coefficient (Wildman–Crippen LogP) is 7.81. The summed E-state index contributed by atoms with van der Waals surface area (Å²) in [6.45, 7) is 7.35. The number of azide groups is 1. The molecule has 5 rings (SSSR count). The van der Waals surface area contributed by atoms with Crippen molar-refractivity contribution in [2.45, 2.75) is 82.6 Å². The first kappa shape index (κ1) is 36.7. The summed E-state index contributed by atoms with van der Waals surface area (Å²) in [4.78, 5) is 16.2. The molecule has 1 fully saturated rings. The van der Waals surface area contributed by atoms with Gasteiger partial charge in [-0.1, -0.05) is 108 Å². The number of carbonyl (C=O) groups is 1. The van der Waals surface area contributed by atoms with E-state index in [1.54, 1.807) is 6.08 Å². The van der Waals surface area contributed by atoms with Crippen molar-refractivity contribution in [3.63, 3.8) is 0 Å². The lowest BCUT2D eigenvalue weighted by atomic mass is 9.97. The second-order valence-electron chi connectivity index (χ2n) is 12.3. The molecule has 0 radical (unpaired) electrons. The lowest BCUT2D eigenvalue weighted by Gasteiger charge is -2.43. The molecule has 0 saturated carbocycles. The Bertz CT molecular complexity index is 1680. The standard InChI is InChI=1S/C40H46N4O6/c1-3-23-46-38-36(43-44-41)40(50-29(2)37(38)48-28-32-21-22-33-18-10-11-19-34(33)25-32)47-24-13-12-20-35(42-26-30-14-6-4-7-15-30)39(45)49-27-31-16-8-5-9-17-31/h3-11,14-19,21-22,25,29,35-38,40,42H,1,12-13,20,23-24,26-28H2,2H3/t29-,35?,36-,37-,38-,40-/m1/s1. The molecule has 4 aromatic rings. The quantitative estimate of drug-likeness (QED) is 0.0268. The highest BCUT2D eigenvalue weighted by Crippen LogP contribution is 2.30. The summed E-state index contributed by atoms with van der Waals surface area (Å²) >= 11 is 0. The number of unbranched alkanes of at least 4 members (excludes halogenated alkanes) is 1. The van der Waals surface area contributed by atoms with Gasteiger partial charge in [-0.3, -0.25) is 4.79 Å². The van der Waals surface area contributed by atoms with Crippen molar-refractivity contribution >= 4 is 16.7 Å². The van der Waals surface area contributed by atoms with Crippen LogP contribution in [0, 0.1) is 0 Å². The number of carbonyl (C=O) groups excluding carboxylic acids is 1. The molecule has 10 heteroatoms. The van der Waals surface area contributed by atoms with Gasteiger partial charge in [0.05, 0.1) is 19.3 Å². The van der Waals surface area contributed by atoms with Gasteiger partial charge in [0.1, 0.15) is 30.9 Å². The third kappa shape index (κ3) is 10.7. The van der Waals surface area contributed by atoms with Crippen LogP contribution in [0.1, 0.15) is 42.9 Å². The van der Waals surface area contributed by atoms with E-state index in [-0.39, 0.29) is 19.2 Å². The third-order valence-corrected chi connectivity index (χ3v) is 8.67. The monoisotopic (exact) mass is 678 g/mol. The summed E-state index contributed by atoms with van der Waals surface area (Å²) in [5.74, 6) is -0.296. The van der Waals surface area contributed by atoms with Crippen molar-refractivity contribution in [2.24, 2.45) is 5.11 Å². The van der Waals surface area contributed by atoms with Gasteiger partial charge in [0.15, 0.2) is 6.29 Å². The highest BCUT2D eigenvalue weighted by Gasteiger charge is 2.46. The average molecular weight is 679 g/mol. The Balaban J connectivity index is 1.16. The summed E-state index contributed by atoms with van der Waals surface area (Å²) in [6.07, 6.45) is 1.16. The summed E-state index contributed by atoms with van der Waals surface area (Å²) in [5, 5.41) is 9.70. The van der Waals surface area contributed by atoms with Gasteiger partial charge in [-0.15, -0.1) is 6.58 Å². The van der Waals surface area contributed by atoms with Crippen molar-refractivity contribution in [3.05, 3.63) is 143 Å². The van der Waals surface area contributed by atoms with E-state index in [0.717, 1.165) is 27.5 Å². The van der Waals surface area contributed by atoms with Crippen LogP contribution in [0.5, 0.6) is 0 Å². The zero-order valence-electron chi connectivity index (χ0n) is 28.5. The number of nitrogens with zero attached hydrogens (tertiary/aromatic N) is 3. The van der Waals surface area contributed by atoms with Crippen molar-refractivity contribution in [3.8, 4) is 0 Å². The molecule has 1 aliphatic heterocycles. The molecule has 4 aromatic carbocycles. The topological polar surface area (TPSA) is 124 Å². The van der Waals surface area contributed by atoms with Crippen LogP contribution in [0.2, 0.25) is 0 Å². The predicted molar refractivity (Wildman–Crippen MR) is 193 cm³/mol. The van der Waals surface area contributed by atoms with Gasteiger partial charge in [0, 0.05) is 18.1 Å². The van der Waals surface area contributed by atoms with E-state index in [4.69, 9.17) is 23.7 Å². The number of ether oxygens (including phenoxy) is 5. The lowest BCUT2D eigenvalue weighted by Crippen LogP contribution is -2.58. The van der Waals surface area contributed by atoms with E-state index < -0.39 is 36.7 Å². The molecule has 0 bridgehead atoms. The molecule has 0 spiro atoms. The molecule has 6 atom stereocenters. The molecule has 1 saturated heterocycles. The van der Waals surface area contributed by atoms with Gasteiger partial charge in [-0.05, 0) is 65.2 Å². The average Bonchev–Trinajstić information content (AvgIpc) is 3.15. The van der Waals surface area contributed by atoms with E-state index in [1.807, 2.05) is 85.8 Å². The maximum absolute atomic E-state index is 13.1. The van der Waals surface area contributed by atoms with Crippen LogP contribution >= 0.6 is 0 Å². The molecule has 0 aliphatic carbocycles. The second kappa shape index (κ2) is 19.6. The van der Waals surface area contributed by atoms with E-state index in [1.165, 1.54) is 0 Å². The summed E-state index contributed by atoms with van der Waals surface area (Å²) < 4.78 is 30.6. The van der Waals surface area contributed by atoms with Gasteiger partial charge in [-0.2, -0.15) is 0 Å². The van der Waals surface area contributed by atoms with E-state index in [9.17, 15) is 10.3 Å².